The van der Waals surface area contributed by atoms with Crippen molar-refractivity contribution in [3.8, 4) is 0 Å². The van der Waals surface area contributed by atoms with Crippen molar-refractivity contribution in [2.45, 2.75) is 0 Å². The van der Waals surface area contributed by atoms with Crippen LogP contribution < -0.4 is 15.1 Å². The van der Waals surface area contributed by atoms with Crippen molar-refractivity contribution in [1.29, 1.82) is 0 Å². The Morgan fingerprint density at radius 1 is 1.18 bits per heavy atom. The van der Waals surface area contributed by atoms with Crippen LogP contribution in [0.4, 0.5) is 0 Å². The summed E-state index contributed by atoms with van der Waals surface area (Å²) in [6.07, 6.45) is 0. The van der Waals surface area contributed by atoms with Crippen LogP contribution in [0.5, 0.6) is 0 Å². The lowest BCUT2D eigenvalue weighted by atomic mass is 10.4. The van der Waals surface area contributed by atoms with Crippen LogP contribution in [0.25, 0.3) is 0 Å². The number of halogens is 1. The molecule has 5 heteroatoms. The fourth-order valence-electron chi connectivity index (χ4n) is 0.624. The zero-order chi connectivity index (χ0) is 8.48. The van der Waals surface area contributed by atoms with Crippen LogP contribution in [0.15, 0.2) is 24.3 Å². The number of hydrogen-bond acceptors (Lipinski definition) is 3. The molecule has 0 unspecified atom stereocenters. The molecule has 0 fully saturated rings. The molecule has 0 saturated carbocycles. The second-order valence-corrected chi connectivity index (χ2v) is 3.92. The van der Waals surface area contributed by atoms with Crippen LogP contribution in [0.3, 0.4) is 0 Å². The Labute approximate surface area is 68.8 Å². The van der Waals surface area contributed by atoms with E-state index in [4.69, 9.17) is 11.6 Å². The second-order valence-electron chi connectivity index (χ2n) is 1.97. The number of benzene rings is 1. The van der Waals surface area contributed by atoms with E-state index in [0.29, 0.717) is 5.02 Å². The normalized spacial score (nSPS) is 11.5. The first kappa shape index (κ1) is 8.75. The molecule has 0 aliphatic heterocycles. The van der Waals surface area contributed by atoms with Gasteiger partial charge in [-0.3, -0.25) is 0 Å². The highest BCUT2D eigenvalue weighted by atomic mass is 35.5. The van der Waals surface area contributed by atoms with Gasteiger partial charge in [0.2, 0.25) is 0 Å². The molecule has 0 spiro atoms. The minimum Gasteiger partial charge on any atom is -0.807 e. The lowest BCUT2D eigenvalue weighted by Crippen LogP contribution is -2.24. The van der Waals surface area contributed by atoms with Gasteiger partial charge in [-0.2, -0.15) is 0 Å². The Bertz CT molecular complexity index is 289. The van der Waals surface area contributed by atoms with Gasteiger partial charge in [0.25, 0.3) is 0 Å². The molecule has 0 atom stereocenters. The standard InChI is InChI=1S/C6H6ClO3P/c7-5-1-3-6(4-2-5)11(8,9)10/h1-4H,(H2,8,9,10)/p-2. The molecule has 0 aliphatic rings. The van der Waals surface area contributed by atoms with Gasteiger partial charge in [0.15, 0.2) is 0 Å². The molecule has 0 saturated heterocycles. The maximum atomic E-state index is 10.4. The van der Waals surface area contributed by atoms with Gasteiger partial charge in [-0.1, -0.05) is 23.7 Å². The van der Waals surface area contributed by atoms with Crippen LogP contribution in [0.1, 0.15) is 0 Å². The van der Waals surface area contributed by atoms with Gasteiger partial charge in [0.05, 0.1) is 0 Å². The van der Waals surface area contributed by atoms with Crippen molar-refractivity contribution < 1.29 is 14.4 Å². The van der Waals surface area contributed by atoms with E-state index in [-0.39, 0.29) is 5.30 Å². The highest BCUT2D eigenvalue weighted by Crippen LogP contribution is 2.22. The average molecular weight is 191 g/mol. The third kappa shape index (κ3) is 2.31. The number of rotatable bonds is 1. The molecular formula is C6H4ClO3P-2. The molecule has 1 aromatic rings. The monoisotopic (exact) mass is 190 g/mol. The minimum atomic E-state index is -4.60. The molecule has 1 aromatic carbocycles. The first-order valence-corrected chi connectivity index (χ1v) is 4.70. The van der Waals surface area contributed by atoms with Crippen molar-refractivity contribution in [3.05, 3.63) is 29.3 Å². The van der Waals surface area contributed by atoms with Crippen molar-refractivity contribution in [1.82, 2.24) is 0 Å². The Morgan fingerprint density at radius 2 is 1.64 bits per heavy atom. The second kappa shape index (κ2) is 2.95. The fraction of sp³-hybridized carbons (Fsp3) is 0. The topological polar surface area (TPSA) is 63.2 Å². The summed E-state index contributed by atoms with van der Waals surface area (Å²) >= 11 is 5.47. The summed E-state index contributed by atoms with van der Waals surface area (Å²) in [7, 11) is -4.60. The van der Waals surface area contributed by atoms with Crippen LogP contribution in [0, 0.1) is 0 Å². The first-order valence-electron chi connectivity index (χ1n) is 2.78. The molecule has 0 amide bonds. The Balaban J connectivity index is 3.09. The minimum absolute atomic E-state index is 0.234. The molecule has 3 nitrogen and oxygen atoms in total. The van der Waals surface area contributed by atoms with Crippen molar-refractivity contribution in [2.75, 3.05) is 0 Å². The maximum Gasteiger partial charge on any atom is 0.0406 e. The van der Waals surface area contributed by atoms with Crippen LogP contribution in [0.2, 0.25) is 5.02 Å². The zero-order valence-electron chi connectivity index (χ0n) is 5.36. The molecule has 0 heterocycles. The van der Waals surface area contributed by atoms with E-state index in [2.05, 4.69) is 0 Å². The quantitative estimate of drug-likeness (QED) is 0.580. The summed E-state index contributed by atoms with van der Waals surface area (Å²) < 4.78 is 10.4. The summed E-state index contributed by atoms with van der Waals surface area (Å²) in [5, 5.41) is 0.170. The van der Waals surface area contributed by atoms with Crippen LogP contribution in [-0.4, -0.2) is 0 Å². The van der Waals surface area contributed by atoms with Gasteiger partial charge in [-0.25, -0.2) is 0 Å². The number of hydrogen-bond donors (Lipinski definition) is 0. The predicted octanol–water partition coefficient (Wildman–Crippen LogP) is -0.121. The molecule has 11 heavy (non-hydrogen) atoms. The summed E-state index contributed by atoms with van der Waals surface area (Å²) in [6.45, 7) is 0. The van der Waals surface area contributed by atoms with Gasteiger partial charge in [-0.15, -0.1) is 0 Å². The fourth-order valence-corrected chi connectivity index (χ4v) is 1.26. The SMILES string of the molecule is O=P([O-])([O-])c1ccc(Cl)cc1. The average Bonchev–Trinajstić information content (AvgIpc) is 1.86. The van der Waals surface area contributed by atoms with E-state index in [1.165, 1.54) is 24.3 Å². The van der Waals surface area contributed by atoms with E-state index >= 15 is 0 Å². The van der Waals surface area contributed by atoms with Gasteiger partial charge in [0.1, 0.15) is 0 Å². The van der Waals surface area contributed by atoms with E-state index in [0.717, 1.165) is 0 Å². The Morgan fingerprint density at radius 3 is 2.00 bits per heavy atom. The van der Waals surface area contributed by atoms with Gasteiger partial charge in [0, 0.05) is 5.02 Å². The highest BCUT2D eigenvalue weighted by Gasteiger charge is 1.95. The predicted molar refractivity (Wildman–Crippen MR) is 38.7 cm³/mol. The molecule has 60 valence electrons. The molecule has 1 rings (SSSR count). The molecule has 0 N–H and O–H groups in total. The zero-order valence-corrected chi connectivity index (χ0v) is 7.01. The third-order valence-corrected chi connectivity index (χ3v) is 2.33. The van der Waals surface area contributed by atoms with Gasteiger partial charge in [-0.05, 0) is 25.0 Å². The van der Waals surface area contributed by atoms with Gasteiger partial charge < -0.3 is 14.4 Å². The Kier molecular flexibility index (Phi) is 2.35. The molecule has 0 bridgehead atoms. The van der Waals surface area contributed by atoms with Crippen molar-refractivity contribution in [2.24, 2.45) is 0 Å². The largest absolute Gasteiger partial charge is 0.807 e. The van der Waals surface area contributed by atoms with Crippen molar-refractivity contribution in [3.63, 3.8) is 0 Å². The van der Waals surface area contributed by atoms with Crippen LogP contribution >= 0.6 is 19.2 Å². The summed E-state index contributed by atoms with van der Waals surface area (Å²) in [5.41, 5.74) is 0. The highest BCUT2D eigenvalue weighted by molar-refractivity contribution is 7.57. The third-order valence-electron chi connectivity index (χ3n) is 1.14. The first-order chi connectivity index (χ1) is 5.00. The van der Waals surface area contributed by atoms with Crippen LogP contribution in [-0.2, 0) is 4.57 Å². The molecular weight excluding hydrogens is 186 g/mol. The van der Waals surface area contributed by atoms with Gasteiger partial charge >= 0.3 is 0 Å². The lowest BCUT2D eigenvalue weighted by Gasteiger charge is -2.29. The maximum absolute atomic E-state index is 10.4. The van der Waals surface area contributed by atoms with Crippen molar-refractivity contribution >= 4 is 24.5 Å². The Hall–Kier alpha value is -0.340. The van der Waals surface area contributed by atoms with E-state index in [9.17, 15) is 14.4 Å². The lowest BCUT2D eigenvalue weighted by molar-refractivity contribution is -0.307. The summed E-state index contributed by atoms with van der Waals surface area (Å²) in [5.74, 6) is 0. The molecule has 0 aromatic heterocycles. The molecule has 0 aliphatic carbocycles. The van der Waals surface area contributed by atoms with E-state index < -0.39 is 7.60 Å². The molecule has 0 radical (unpaired) electrons. The van der Waals surface area contributed by atoms with E-state index in [1.807, 2.05) is 0 Å². The summed E-state index contributed by atoms with van der Waals surface area (Å²) in [6, 6.07) is 5.09. The van der Waals surface area contributed by atoms with E-state index in [1.54, 1.807) is 0 Å². The smallest absolute Gasteiger partial charge is 0.0406 e. The summed E-state index contributed by atoms with van der Waals surface area (Å²) in [4.78, 5) is 20.7.